The summed E-state index contributed by atoms with van der Waals surface area (Å²) in [5.41, 5.74) is 2.87. The number of carbonyl (C=O) groups excluding carboxylic acids is 2. The van der Waals surface area contributed by atoms with Crippen LogP contribution < -0.4 is 0 Å². The summed E-state index contributed by atoms with van der Waals surface area (Å²) in [7, 11) is 0. The second kappa shape index (κ2) is 7.35. The highest BCUT2D eigenvalue weighted by Crippen LogP contribution is 2.21. The number of fused-ring (bicyclic) bond motifs is 1. The number of Topliss-reactive ketones (excluding diaryl/α,β-unsaturated/α-hetero) is 1. The van der Waals surface area contributed by atoms with Crippen LogP contribution in [0, 0.1) is 13.8 Å². The van der Waals surface area contributed by atoms with Gasteiger partial charge in [-0.1, -0.05) is 23.9 Å². The van der Waals surface area contributed by atoms with Crippen LogP contribution in [0.5, 0.6) is 0 Å². The minimum Gasteiger partial charge on any atom is -0.466 e. The van der Waals surface area contributed by atoms with E-state index in [1.807, 2.05) is 32.0 Å². The predicted octanol–water partition coefficient (Wildman–Crippen LogP) is 2.86. The zero-order valence-electron chi connectivity index (χ0n) is 12.9. The fourth-order valence-corrected chi connectivity index (χ4v) is 2.76. The van der Waals surface area contributed by atoms with Crippen molar-refractivity contribution in [2.45, 2.75) is 32.3 Å². The molecule has 116 valence electrons. The summed E-state index contributed by atoms with van der Waals surface area (Å²) in [6, 6.07) is 6.02. The quantitative estimate of drug-likeness (QED) is 0.353. The molecule has 0 spiro atoms. The van der Waals surface area contributed by atoms with Gasteiger partial charge in [-0.15, -0.1) is 0 Å². The molecule has 0 saturated heterocycles. The van der Waals surface area contributed by atoms with Crippen molar-refractivity contribution in [3.05, 3.63) is 29.5 Å². The lowest BCUT2D eigenvalue weighted by molar-refractivity contribution is -0.145. The maximum atomic E-state index is 11.7. The zero-order chi connectivity index (χ0) is 16.1. The Labute approximate surface area is 133 Å². The largest absolute Gasteiger partial charge is 0.466 e. The fraction of sp³-hybridized carbons (Fsp3) is 0.375. The van der Waals surface area contributed by atoms with Crippen LogP contribution in [0.25, 0.3) is 10.9 Å². The SMILES string of the molecule is CCOC(=O)CC(=O)CSc1nc(C)c2ccc(C)cc2n1. The highest BCUT2D eigenvalue weighted by atomic mass is 32.2. The molecule has 0 saturated carbocycles. The average Bonchev–Trinajstić information content (AvgIpc) is 2.44. The van der Waals surface area contributed by atoms with Crippen molar-refractivity contribution in [3.8, 4) is 0 Å². The molecule has 22 heavy (non-hydrogen) atoms. The van der Waals surface area contributed by atoms with Gasteiger partial charge in [-0.05, 0) is 32.4 Å². The van der Waals surface area contributed by atoms with Crippen LogP contribution in [0.1, 0.15) is 24.6 Å². The fourth-order valence-electron chi connectivity index (χ4n) is 2.01. The summed E-state index contributed by atoms with van der Waals surface area (Å²) in [5.74, 6) is -0.511. The van der Waals surface area contributed by atoms with Gasteiger partial charge in [-0.25, -0.2) is 9.97 Å². The molecule has 2 rings (SSSR count). The van der Waals surface area contributed by atoms with Gasteiger partial charge in [0.1, 0.15) is 6.42 Å². The monoisotopic (exact) mass is 318 g/mol. The Bertz CT molecular complexity index is 716. The highest BCUT2D eigenvalue weighted by Gasteiger charge is 2.12. The van der Waals surface area contributed by atoms with E-state index in [1.165, 1.54) is 11.8 Å². The number of nitrogens with zero attached hydrogens (tertiary/aromatic N) is 2. The van der Waals surface area contributed by atoms with Gasteiger partial charge >= 0.3 is 5.97 Å². The maximum absolute atomic E-state index is 11.7. The second-order valence-corrected chi connectivity index (χ2v) is 5.86. The van der Waals surface area contributed by atoms with Crippen molar-refractivity contribution in [2.24, 2.45) is 0 Å². The van der Waals surface area contributed by atoms with Crippen molar-refractivity contribution in [1.82, 2.24) is 9.97 Å². The molecule has 1 heterocycles. The molecule has 0 aliphatic heterocycles. The van der Waals surface area contributed by atoms with Gasteiger partial charge in [0.15, 0.2) is 10.9 Å². The molecule has 6 heteroatoms. The first-order valence-corrected chi connectivity index (χ1v) is 8.03. The predicted molar refractivity (Wildman–Crippen MR) is 86.0 cm³/mol. The van der Waals surface area contributed by atoms with Gasteiger partial charge < -0.3 is 4.74 Å². The van der Waals surface area contributed by atoms with E-state index in [2.05, 4.69) is 9.97 Å². The highest BCUT2D eigenvalue weighted by molar-refractivity contribution is 7.99. The van der Waals surface area contributed by atoms with Gasteiger partial charge in [0.2, 0.25) is 0 Å². The molecule has 0 fully saturated rings. The van der Waals surface area contributed by atoms with Gasteiger partial charge in [0.05, 0.1) is 17.9 Å². The summed E-state index contributed by atoms with van der Waals surface area (Å²) in [4.78, 5) is 31.8. The maximum Gasteiger partial charge on any atom is 0.313 e. The second-order valence-electron chi connectivity index (χ2n) is 4.92. The summed E-state index contributed by atoms with van der Waals surface area (Å²) in [6.07, 6.45) is -0.202. The molecule has 0 aliphatic carbocycles. The number of aromatic nitrogens is 2. The first-order valence-electron chi connectivity index (χ1n) is 7.04. The van der Waals surface area contributed by atoms with E-state index in [1.54, 1.807) is 6.92 Å². The minimum atomic E-state index is -0.487. The molecule has 0 unspecified atom stereocenters. The molecule has 5 nitrogen and oxygen atoms in total. The Kier molecular flexibility index (Phi) is 5.49. The molecule has 2 aromatic rings. The lowest BCUT2D eigenvalue weighted by Crippen LogP contribution is -2.13. The Hall–Kier alpha value is -1.95. The molecule has 0 N–H and O–H groups in total. The number of thioether (sulfide) groups is 1. The molecule has 0 aliphatic rings. The van der Waals surface area contributed by atoms with Crippen LogP contribution in [-0.4, -0.2) is 34.1 Å². The number of benzene rings is 1. The van der Waals surface area contributed by atoms with Crippen LogP contribution in [0.4, 0.5) is 0 Å². The molecule has 0 radical (unpaired) electrons. The molecule has 0 amide bonds. The third-order valence-electron chi connectivity index (χ3n) is 3.03. The summed E-state index contributed by atoms with van der Waals surface area (Å²) in [6.45, 7) is 5.92. The van der Waals surface area contributed by atoms with Gasteiger partial charge in [0.25, 0.3) is 0 Å². The van der Waals surface area contributed by atoms with E-state index in [9.17, 15) is 9.59 Å². The van der Waals surface area contributed by atoms with Crippen molar-refractivity contribution >= 4 is 34.4 Å². The minimum absolute atomic E-state index is 0.162. The van der Waals surface area contributed by atoms with Crippen molar-refractivity contribution in [1.29, 1.82) is 0 Å². The molecular weight excluding hydrogens is 300 g/mol. The molecular formula is C16H18N2O3S. The first kappa shape index (κ1) is 16.4. The Morgan fingerprint density at radius 2 is 2.00 bits per heavy atom. The van der Waals surface area contributed by atoms with Gasteiger partial charge in [-0.3, -0.25) is 9.59 Å². The van der Waals surface area contributed by atoms with E-state index in [4.69, 9.17) is 4.74 Å². The van der Waals surface area contributed by atoms with E-state index in [-0.39, 0.29) is 24.6 Å². The van der Waals surface area contributed by atoms with Crippen molar-refractivity contribution in [3.63, 3.8) is 0 Å². The third kappa shape index (κ3) is 4.27. The van der Waals surface area contributed by atoms with E-state index >= 15 is 0 Å². The van der Waals surface area contributed by atoms with Crippen LogP contribution in [0.15, 0.2) is 23.4 Å². The number of aryl methyl sites for hydroxylation is 2. The smallest absolute Gasteiger partial charge is 0.313 e. The molecule has 0 atom stereocenters. The van der Waals surface area contributed by atoms with Crippen molar-refractivity contribution < 1.29 is 14.3 Å². The lowest BCUT2D eigenvalue weighted by atomic mass is 10.1. The number of rotatable bonds is 6. The van der Waals surface area contributed by atoms with E-state index in [0.717, 1.165) is 22.2 Å². The molecule has 1 aromatic heterocycles. The number of hydrogen-bond acceptors (Lipinski definition) is 6. The number of ketones is 1. The summed E-state index contributed by atoms with van der Waals surface area (Å²) >= 11 is 1.24. The van der Waals surface area contributed by atoms with Gasteiger partial charge in [-0.2, -0.15) is 0 Å². The normalized spacial score (nSPS) is 10.7. The topological polar surface area (TPSA) is 69.2 Å². The molecule has 0 bridgehead atoms. The summed E-state index contributed by atoms with van der Waals surface area (Å²) in [5, 5.41) is 1.56. The van der Waals surface area contributed by atoms with Crippen LogP contribution >= 0.6 is 11.8 Å². The average molecular weight is 318 g/mol. The Morgan fingerprint density at radius 3 is 2.73 bits per heavy atom. The van der Waals surface area contributed by atoms with Crippen molar-refractivity contribution in [2.75, 3.05) is 12.4 Å². The Morgan fingerprint density at radius 1 is 1.23 bits per heavy atom. The van der Waals surface area contributed by atoms with Crippen LogP contribution in [0.2, 0.25) is 0 Å². The van der Waals surface area contributed by atoms with Crippen LogP contribution in [0.3, 0.4) is 0 Å². The number of carbonyl (C=O) groups is 2. The van der Waals surface area contributed by atoms with E-state index < -0.39 is 5.97 Å². The lowest BCUT2D eigenvalue weighted by Gasteiger charge is -2.06. The number of hydrogen-bond donors (Lipinski definition) is 0. The van der Waals surface area contributed by atoms with E-state index in [0.29, 0.717) is 5.16 Å². The third-order valence-corrected chi connectivity index (χ3v) is 3.94. The molecule has 1 aromatic carbocycles. The van der Waals surface area contributed by atoms with Crippen LogP contribution in [-0.2, 0) is 14.3 Å². The standard InChI is InChI=1S/C16H18N2O3S/c1-4-21-15(20)8-12(19)9-22-16-17-11(3)13-6-5-10(2)7-14(13)18-16/h5-7H,4,8-9H2,1-3H3. The number of esters is 1. The first-order chi connectivity index (χ1) is 10.5. The summed E-state index contributed by atoms with van der Waals surface area (Å²) < 4.78 is 4.75. The Balaban J connectivity index is 2.05. The number of ether oxygens (including phenoxy) is 1. The van der Waals surface area contributed by atoms with Gasteiger partial charge in [0, 0.05) is 11.1 Å². The zero-order valence-corrected chi connectivity index (χ0v) is 13.7.